The molecule has 31 heavy (non-hydrogen) atoms. The Hall–Kier alpha value is -1.84. The number of hydrogen-bond acceptors (Lipinski definition) is 4. The van der Waals surface area contributed by atoms with Crippen LogP contribution >= 0.6 is 24.0 Å². The molecule has 0 saturated carbocycles. The van der Waals surface area contributed by atoms with Crippen LogP contribution in [0.25, 0.3) is 0 Å². The monoisotopic (exact) mass is 535 g/mol. The van der Waals surface area contributed by atoms with Crippen LogP contribution in [0.2, 0.25) is 0 Å². The van der Waals surface area contributed by atoms with E-state index in [1.807, 2.05) is 13.1 Å². The van der Waals surface area contributed by atoms with Gasteiger partial charge in [-0.15, -0.1) is 24.0 Å². The van der Waals surface area contributed by atoms with Gasteiger partial charge in [-0.1, -0.05) is 48.5 Å². The number of likely N-dealkylation sites (tertiary alicyclic amines) is 1. The van der Waals surface area contributed by atoms with E-state index in [1.165, 1.54) is 11.3 Å². The number of ether oxygens (including phenoxy) is 1. The number of rotatable bonds is 7. The fourth-order valence-corrected chi connectivity index (χ4v) is 4.36. The van der Waals surface area contributed by atoms with Gasteiger partial charge in [0.2, 0.25) is 0 Å². The zero-order valence-corrected chi connectivity index (χ0v) is 20.6. The molecule has 168 valence electrons. The van der Waals surface area contributed by atoms with Crippen molar-refractivity contribution in [3.8, 4) is 0 Å². The molecule has 6 nitrogen and oxygen atoms in total. The zero-order valence-electron chi connectivity index (χ0n) is 18.2. The first-order chi connectivity index (χ1) is 14.8. The minimum atomic E-state index is 0. The van der Waals surface area contributed by atoms with Crippen molar-refractivity contribution in [2.24, 2.45) is 4.99 Å². The van der Waals surface area contributed by atoms with E-state index in [0.717, 1.165) is 58.3 Å². The number of nitrogens with zero attached hydrogens (tertiary/aromatic N) is 3. The number of morpholine rings is 1. The topological polar surface area (TPSA) is 52.1 Å². The predicted molar refractivity (Wildman–Crippen MR) is 138 cm³/mol. The van der Waals surface area contributed by atoms with Crippen molar-refractivity contribution in [1.82, 2.24) is 15.1 Å². The average Bonchev–Trinajstić information content (AvgIpc) is 3.23. The highest BCUT2D eigenvalue weighted by molar-refractivity contribution is 14.0. The molecule has 0 aromatic heterocycles. The highest BCUT2D eigenvalue weighted by atomic mass is 127. The summed E-state index contributed by atoms with van der Waals surface area (Å²) in [5.41, 5.74) is 2.53. The third kappa shape index (κ3) is 6.57. The molecule has 2 aromatic carbocycles. The van der Waals surface area contributed by atoms with Crippen LogP contribution < -0.4 is 10.6 Å². The van der Waals surface area contributed by atoms with Gasteiger partial charge in [-0.25, -0.2) is 0 Å². The summed E-state index contributed by atoms with van der Waals surface area (Å²) in [7, 11) is 1.87. The van der Waals surface area contributed by atoms with Crippen LogP contribution in [0.15, 0.2) is 65.7 Å². The number of guanidine groups is 1. The molecule has 0 radical (unpaired) electrons. The Labute approximate surface area is 203 Å². The van der Waals surface area contributed by atoms with Gasteiger partial charge in [0.05, 0.1) is 18.8 Å². The van der Waals surface area contributed by atoms with Gasteiger partial charge in [0.1, 0.15) is 0 Å². The zero-order chi connectivity index (χ0) is 20.6. The molecule has 2 unspecified atom stereocenters. The first-order valence-corrected chi connectivity index (χ1v) is 11.0. The van der Waals surface area contributed by atoms with Crippen LogP contribution in [0.4, 0.5) is 5.69 Å². The second kappa shape index (κ2) is 12.3. The van der Waals surface area contributed by atoms with Gasteiger partial charge in [-0.2, -0.15) is 0 Å². The van der Waals surface area contributed by atoms with Gasteiger partial charge in [0.25, 0.3) is 0 Å². The summed E-state index contributed by atoms with van der Waals surface area (Å²) >= 11 is 0. The summed E-state index contributed by atoms with van der Waals surface area (Å²) in [6.45, 7) is 6.47. The largest absolute Gasteiger partial charge is 0.385 e. The number of benzene rings is 2. The SMILES string of the molecule is CN=C(NCCCNc1ccccc1)N1CC2OCCN(Cc3ccccc3)C2C1.I. The standard InChI is InChI=1S/C24H33N5O.HI/c1-25-24(27-14-8-13-26-21-11-6-3-7-12-21)29-18-22-23(19-29)30-16-15-28(22)17-20-9-4-2-5-10-20;/h2-7,9-12,22-23,26H,8,13-19H2,1H3,(H,25,27);1H. The number of nitrogens with one attached hydrogen (secondary N) is 2. The van der Waals surface area contributed by atoms with Crippen molar-refractivity contribution in [2.45, 2.75) is 25.1 Å². The second-order valence-corrected chi connectivity index (χ2v) is 7.96. The Bertz CT molecular complexity index is 804. The number of hydrogen-bond donors (Lipinski definition) is 2. The quantitative estimate of drug-likeness (QED) is 0.247. The molecule has 0 amide bonds. The Balaban J connectivity index is 0.00000272. The molecule has 0 bridgehead atoms. The summed E-state index contributed by atoms with van der Waals surface area (Å²) in [6.07, 6.45) is 1.28. The van der Waals surface area contributed by atoms with Crippen LogP contribution in [0.5, 0.6) is 0 Å². The summed E-state index contributed by atoms with van der Waals surface area (Å²) in [4.78, 5) is 9.45. The van der Waals surface area contributed by atoms with Gasteiger partial charge in [-0.05, 0) is 24.1 Å². The number of para-hydroxylation sites is 1. The maximum Gasteiger partial charge on any atom is 0.193 e. The predicted octanol–water partition coefficient (Wildman–Crippen LogP) is 3.27. The highest BCUT2D eigenvalue weighted by Gasteiger charge is 2.41. The fourth-order valence-electron chi connectivity index (χ4n) is 4.36. The lowest BCUT2D eigenvalue weighted by Gasteiger charge is -2.36. The first-order valence-electron chi connectivity index (χ1n) is 11.0. The van der Waals surface area contributed by atoms with Crippen molar-refractivity contribution in [2.75, 3.05) is 51.7 Å². The molecule has 2 fully saturated rings. The van der Waals surface area contributed by atoms with Gasteiger partial charge in [0.15, 0.2) is 5.96 Å². The fraction of sp³-hybridized carbons (Fsp3) is 0.458. The average molecular weight is 535 g/mol. The van der Waals surface area contributed by atoms with Crippen LogP contribution in [-0.4, -0.2) is 74.3 Å². The lowest BCUT2D eigenvalue weighted by atomic mass is 10.1. The van der Waals surface area contributed by atoms with E-state index >= 15 is 0 Å². The first kappa shape index (κ1) is 23.8. The Morgan fingerprint density at radius 2 is 1.77 bits per heavy atom. The van der Waals surface area contributed by atoms with E-state index in [4.69, 9.17) is 4.74 Å². The summed E-state index contributed by atoms with van der Waals surface area (Å²) in [5.74, 6) is 0.979. The minimum Gasteiger partial charge on any atom is -0.385 e. The molecule has 0 spiro atoms. The normalized spacial score (nSPS) is 21.3. The molecule has 2 aromatic rings. The van der Waals surface area contributed by atoms with Crippen molar-refractivity contribution in [3.05, 3.63) is 66.2 Å². The Morgan fingerprint density at radius 1 is 1.03 bits per heavy atom. The lowest BCUT2D eigenvalue weighted by molar-refractivity contribution is -0.0502. The molecule has 7 heteroatoms. The lowest BCUT2D eigenvalue weighted by Crippen LogP contribution is -2.50. The minimum absolute atomic E-state index is 0. The number of anilines is 1. The Morgan fingerprint density at radius 3 is 2.52 bits per heavy atom. The van der Waals surface area contributed by atoms with E-state index in [9.17, 15) is 0 Å². The number of fused-ring (bicyclic) bond motifs is 1. The van der Waals surface area contributed by atoms with E-state index < -0.39 is 0 Å². The van der Waals surface area contributed by atoms with Gasteiger partial charge in [0, 0.05) is 52.0 Å². The number of aliphatic imine (C=N–C) groups is 1. The third-order valence-electron chi connectivity index (χ3n) is 5.90. The Kier molecular flexibility index (Phi) is 9.42. The molecule has 0 aliphatic carbocycles. The number of halogens is 1. The molecular formula is C24H34IN5O. The maximum atomic E-state index is 6.11. The van der Waals surface area contributed by atoms with Gasteiger partial charge in [-0.3, -0.25) is 9.89 Å². The molecule has 2 atom stereocenters. The van der Waals surface area contributed by atoms with E-state index in [-0.39, 0.29) is 30.1 Å². The second-order valence-electron chi connectivity index (χ2n) is 7.96. The molecule has 4 rings (SSSR count). The molecule has 2 aliphatic rings. The highest BCUT2D eigenvalue weighted by Crippen LogP contribution is 2.24. The van der Waals surface area contributed by atoms with Crippen LogP contribution in [0.3, 0.4) is 0 Å². The van der Waals surface area contributed by atoms with E-state index in [1.54, 1.807) is 0 Å². The molecule has 2 heterocycles. The van der Waals surface area contributed by atoms with E-state index in [2.05, 4.69) is 80.0 Å². The van der Waals surface area contributed by atoms with Crippen molar-refractivity contribution < 1.29 is 4.74 Å². The molecule has 2 N–H and O–H groups in total. The maximum absolute atomic E-state index is 6.11. The molecular weight excluding hydrogens is 501 g/mol. The van der Waals surface area contributed by atoms with Crippen molar-refractivity contribution in [3.63, 3.8) is 0 Å². The smallest absolute Gasteiger partial charge is 0.193 e. The molecule has 2 aliphatic heterocycles. The summed E-state index contributed by atoms with van der Waals surface area (Å²) in [5, 5.41) is 6.99. The van der Waals surface area contributed by atoms with Crippen molar-refractivity contribution >= 4 is 35.6 Å². The summed E-state index contributed by atoms with van der Waals surface area (Å²) < 4.78 is 6.11. The molecule has 2 saturated heterocycles. The van der Waals surface area contributed by atoms with Gasteiger partial charge < -0.3 is 20.3 Å². The third-order valence-corrected chi connectivity index (χ3v) is 5.90. The van der Waals surface area contributed by atoms with Crippen molar-refractivity contribution in [1.29, 1.82) is 0 Å². The van der Waals surface area contributed by atoms with Gasteiger partial charge >= 0.3 is 0 Å². The van der Waals surface area contributed by atoms with Crippen LogP contribution in [-0.2, 0) is 11.3 Å². The van der Waals surface area contributed by atoms with Crippen LogP contribution in [0, 0.1) is 0 Å². The van der Waals surface area contributed by atoms with E-state index in [0.29, 0.717) is 6.04 Å². The van der Waals surface area contributed by atoms with Crippen LogP contribution in [0.1, 0.15) is 12.0 Å². The summed E-state index contributed by atoms with van der Waals surface area (Å²) in [6, 6.07) is 21.5.